The maximum absolute atomic E-state index is 11.7. The Balaban J connectivity index is 1.52. The van der Waals surface area contributed by atoms with E-state index in [0.29, 0.717) is 69.5 Å². The van der Waals surface area contributed by atoms with Gasteiger partial charge in [0.05, 0.1) is 28.0 Å². The zero-order valence-electron chi connectivity index (χ0n) is 18.1. The van der Waals surface area contributed by atoms with Crippen molar-refractivity contribution >= 4 is 69.5 Å². The van der Waals surface area contributed by atoms with E-state index in [1.807, 2.05) is 4.57 Å². The Hall–Kier alpha value is -2.33. The molecule has 180 valence electrons. The molecular formula is C22H24Cl3N7O2. The van der Waals surface area contributed by atoms with Crippen LogP contribution in [0.2, 0.25) is 15.1 Å². The average Bonchev–Trinajstić information content (AvgIpc) is 3.12. The largest absolute Gasteiger partial charge is 0.393 e. The van der Waals surface area contributed by atoms with E-state index in [1.165, 1.54) is 0 Å². The number of hydrogen-bond acceptors (Lipinski definition) is 7. The van der Waals surface area contributed by atoms with Crippen LogP contribution in [0.1, 0.15) is 44.6 Å². The van der Waals surface area contributed by atoms with E-state index in [2.05, 4.69) is 15.6 Å². The van der Waals surface area contributed by atoms with Crippen LogP contribution < -0.4 is 16.4 Å². The van der Waals surface area contributed by atoms with Crippen LogP contribution in [0.25, 0.3) is 11.2 Å². The van der Waals surface area contributed by atoms with Gasteiger partial charge in [-0.1, -0.05) is 34.8 Å². The Bertz CT molecular complexity index is 1210. The van der Waals surface area contributed by atoms with Gasteiger partial charge >= 0.3 is 0 Å². The van der Waals surface area contributed by atoms with Crippen molar-refractivity contribution in [1.82, 2.24) is 19.5 Å². The number of fused-ring (bicyclic) bond motifs is 1. The number of carbonyl (C=O) groups excluding carboxylic acids is 1. The van der Waals surface area contributed by atoms with Crippen LogP contribution in [-0.2, 0) is 4.79 Å². The summed E-state index contributed by atoms with van der Waals surface area (Å²) in [4.78, 5) is 25.6. The molecule has 0 aliphatic heterocycles. The first-order chi connectivity index (χ1) is 16.3. The Morgan fingerprint density at radius 2 is 1.76 bits per heavy atom. The lowest BCUT2D eigenvalue weighted by Crippen LogP contribution is -2.39. The summed E-state index contributed by atoms with van der Waals surface area (Å²) >= 11 is 18.9. The number of primary amides is 1. The van der Waals surface area contributed by atoms with Crippen molar-refractivity contribution in [3.05, 3.63) is 33.4 Å². The van der Waals surface area contributed by atoms with Crippen LogP contribution in [0.4, 0.5) is 17.6 Å². The number of rotatable bonds is 6. The van der Waals surface area contributed by atoms with Gasteiger partial charge in [-0.05, 0) is 50.7 Å². The Morgan fingerprint density at radius 1 is 1.09 bits per heavy atom. The summed E-state index contributed by atoms with van der Waals surface area (Å²) in [6.45, 7) is 0. The first-order valence-corrected chi connectivity index (χ1v) is 12.3. The highest BCUT2D eigenvalue weighted by Gasteiger charge is 2.31. The van der Waals surface area contributed by atoms with Gasteiger partial charge in [0.15, 0.2) is 5.65 Å². The SMILES string of the molecule is NC(=O)[C@H]1CC[C@@H](n2c(Nc3c(Cl)cc(Cl)cc3Cl)nc3cnc(N[C@H]4C[C@@H](O)C4)nc32)CC1. The molecule has 2 aromatic heterocycles. The van der Waals surface area contributed by atoms with Crippen molar-refractivity contribution in [2.45, 2.75) is 56.7 Å². The molecule has 2 heterocycles. The molecule has 9 nitrogen and oxygen atoms in total. The Kier molecular flexibility index (Phi) is 6.45. The third kappa shape index (κ3) is 4.62. The highest BCUT2D eigenvalue weighted by Crippen LogP contribution is 2.40. The van der Waals surface area contributed by atoms with Crippen molar-refractivity contribution in [3.63, 3.8) is 0 Å². The number of amides is 1. The fourth-order valence-electron chi connectivity index (χ4n) is 4.67. The number of imidazole rings is 1. The smallest absolute Gasteiger partial charge is 0.224 e. The highest BCUT2D eigenvalue weighted by atomic mass is 35.5. The predicted molar refractivity (Wildman–Crippen MR) is 133 cm³/mol. The topological polar surface area (TPSA) is 131 Å². The summed E-state index contributed by atoms with van der Waals surface area (Å²) in [6.07, 6.45) is 5.60. The quantitative estimate of drug-likeness (QED) is 0.368. The van der Waals surface area contributed by atoms with Gasteiger partial charge in [-0.25, -0.2) is 9.97 Å². The summed E-state index contributed by atoms with van der Waals surface area (Å²) in [6, 6.07) is 3.40. The third-order valence-corrected chi connectivity index (χ3v) is 7.40. The first kappa shape index (κ1) is 23.4. The molecule has 34 heavy (non-hydrogen) atoms. The number of nitrogens with zero attached hydrogens (tertiary/aromatic N) is 4. The summed E-state index contributed by atoms with van der Waals surface area (Å²) in [5, 5.41) is 17.3. The number of aliphatic hydroxyl groups excluding tert-OH is 1. The molecule has 2 fully saturated rings. The maximum Gasteiger partial charge on any atom is 0.224 e. The van der Waals surface area contributed by atoms with E-state index in [0.717, 1.165) is 12.8 Å². The van der Waals surface area contributed by atoms with Gasteiger partial charge in [0.25, 0.3) is 0 Å². The zero-order valence-corrected chi connectivity index (χ0v) is 20.4. The molecule has 0 unspecified atom stereocenters. The van der Waals surface area contributed by atoms with Crippen molar-refractivity contribution < 1.29 is 9.90 Å². The number of halogens is 3. The lowest BCUT2D eigenvalue weighted by Gasteiger charge is -2.32. The Labute approximate surface area is 211 Å². The predicted octanol–water partition coefficient (Wildman–Crippen LogP) is 4.68. The van der Waals surface area contributed by atoms with E-state index in [1.54, 1.807) is 18.3 Å². The second-order valence-corrected chi connectivity index (χ2v) is 10.2. The van der Waals surface area contributed by atoms with E-state index in [4.69, 9.17) is 50.5 Å². The van der Waals surface area contributed by atoms with Gasteiger partial charge in [0.2, 0.25) is 17.8 Å². The molecule has 0 spiro atoms. The van der Waals surface area contributed by atoms with Crippen LogP contribution in [0.5, 0.6) is 0 Å². The lowest BCUT2D eigenvalue weighted by molar-refractivity contribution is -0.122. The van der Waals surface area contributed by atoms with E-state index in [9.17, 15) is 9.90 Å². The number of nitrogens with two attached hydrogens (primary N) is 1. The van der Waals surface area contributed by atoms with Gasteiger partial charge < -0.3 is 21.5 Å². The van der Waals surface area contributed by atoms with Crippen LogP contribution in [0, 0.1) is 5.92 Å². The number of carbonyl (C=O) groups is 1. The van der Waals surface area contributed by atoms with Crippen molar-refractivity contribution in [1.29, 1.82) is 0 Å². The molecule has 0 saturated heterocycles. The number of benzene rings is 1. The van der Waals surface area contributed by atoms with Crippen LogP contribution in [0.15, 0.2) is 18.3 Å². The average molecular weight is 525 g/mol. The van der Waals surface area contributed by atoms with E-state index in [-0.39, 0.29) is 30.0 Å². The zero-order chi connectivity index (χ0) is 24.0. The van der Waals surface area contributed by atoms with Gasteiger partial charge in [-0.2, -0.15) is 4.98 Å². The molecule has 0 atom stereocenters. The van der Waals surface area contributed by atoms with Crippen molar-refractivity contribution in [3.8, 4) is 0 Å². The molecular weight excluding hydrogens is 501 g/mol. The number of aliphatic hydroxyl groups is 1. The minimum Gasteiger partial charge on any atom is -0.393 e. The molecule has 2 aliphatic rings. The molecule has 5 rings (SSSR count). The summed E-state index contributed by atoms with van der Waals surface area (Å²) in [5.74, 6) is 0.614. The molecule has 2 aliphatic carbocycles. The fraction of sp³-hybridized carbons (Fsp3) is 0.455. The molecule has 12 heteroatoms. The lowest BCUT2D eigenvalue weighted by atomic mass is 9.85. The van der Waals surface area contributed by atoms with Gasteiger partial charge in [0.1, 0.15) is 5.52 Å². The van der Waals surface area contributed by atoms with Crippen LogP contribution in [0.3, 0.4) is 0 Å². The molecule has 0 bridgehead atoms. The number of nitrogens with one attached hydrogen (secondary N) is 2. The Morgan fingerprint density at radius 3 is 2.38 bits per heavy atom. The second kappa shape index (κ2) is 9.37. The second-order valence-electron chi connectivity index (χ2n) is 8.95. The summed E-state index contributed by atoms with van der Waals surface area (Å²) in [7, 11) is 0. The number of anilines is 3. The molecule has 2 saturated carbocycles. The summed E-state index contributed by atoms with van der Waals surface area (Å²) < 4.78 is 2.02. The van der Waals surface area contributed by atoms with E-state index < -0.39 is 0 Å². The van der Waals surface area contributed by atoms with Crippen molar-refractivity contribution in [2.75, 3.05) is 10.6 Å². The van der Waals surface area contributed by atoms with Gasteiger partial charge in [-0.3, -0.25) is 9.36 Å². The molecule has 1 amide bonds. The van der Waals surface area contributed by atoms with Gasteiger partial charge in [-0.15, -0.1) is 0 Å². The normalized spacial score (nSPS) is 24.6. The van der Waals surface area contributed by atoms with Gasteiger partial charge in [0, 0.05) is 23.0 Å². The molecule has 1 aromatic carbocycles. The minimum atomic E-state index is -0.281. The molecule has 0 radical (unpaired) electrons. The first-order valence-electron chi connectivity index (χ1n) is 11.2. The summed E-state index contributed by atoms with van der Waals surface area (Å²) in [5.41, 5.74) is 7.29. The monoisotopic (exact) mass is 523 g/mol. The standard InChI is InChI=1S/C22H24Cl3N7O2/c23-11-5-15(24)18(16(25)6-11)30-22-29-17-9-27-21(28-12-7-14(33)8-12)31-20(17)32(22)13-3-1-10(2-4-13)19(26)34/h5-6,9-10,12-14,33H,1-4,7-8H2,(H2,26,34)(H,29,30)(H,27,28,31)/t10-,12-,13+,14+. The van der Waals surface area contributed by atoms with Crippen LogP contribution >= 0.6 is 34.8 Å². The molecule has 3 aromatic rings. The van der Waals surface area contributed by atoms with Crippen molar-refractivity contribution in [2.24, 2.45) is 11.7 Å². The van der Waals surface area contributed by atoms with Crippen LogP contribution in [-0.4, -0.2) is 42.7 Å². The maximum atomic E-state index is 11.7. The minimum absolute atomic E-state index is 0.0428. The fourth-order valence-corrected chi connectivity index (χ4v) is 5.59. The highest BCUT2D eigenvalue weighted by molar-refractivity contribution is 6.41. The number of aromatic nitrogens is 4. The van der Waals surface area contributed by atoms with E-state index >= 15 is 0 Å². The molecule has 5 N–H and O–H groups in total. The third-order valence-electron chi connectivity index (χ3n) is 6.59. The number of hydrogen-bond donors (Lipinski definition) is 4.